The largest absolute Gasteiger partial charge is 0.367 e. The van der Waals surface area contributed by atoms with Gasteiger partial charge in [0.25, 0.3) is 0 Å². The maximum atomic E-state index is 13.6. The monoisotopic (exact) mass is 259 g/mol. The molecule has 0 unspecified atom stereocenters. The number of hydrogen-bond donors (Lipinski definition) is 1. The Morgan fingerprint density at radius 3 is 2.17 bits per heavy atom. The highest BCUT2D eigenvalue weighted by Gasteiger charge is 2.20. The lowest BCUT2D eigenvalue weighted by Gasteiger charge is -2.36. The highest BCUT2D eigenvalue weighted by Crippen LogP contribution is 2.23. The van der Waals surface area contributed by atoms with Gasteiger partial charge in [0.2, 0.25) is 0 Å². The molecule has 18 heavy (non-hydrogen) atoms. The summed E-state index contributed by atoms with van der Waals surface area (Å²) in [7, 11) is 0. The Hall–Kier alpha value is -1.27. The number of nitrogens with zero attached hydrogens (tertiary/aromatic N) is 2. The predicted molar refractivity (Wildman–Crippen MR) is 64.0 cm³/mol. The Balaban J connectivity index is 2.07. The van der Waals surface area contributed by atoms with Gasteiger partial charge in [-0.15, -0.1) is 0 Å². The summed E-state index contributed by atoms with van der Waals surface area (Å²) in [6, 6.07) is 1.51. The molecule has 1 heterocycles. The van der Waals surface area contributed by atoms with Crippen molar-refractivity contribution in [3.63, 3.8) is 0 Å². The van der Waals surface area contributed by atoms with E-state index in [0.29, 0.717) is 25.7 Å². The summed E-state index contributed by atoms with van der Waals surface area (Å²) >= 11 is 0. The fourth-order valence-electron chi connectivity index (χ4n) is 2.15. The molecule has 3 nitrogen and oxygen atoms in total. The molecular weight excluding hydrogens is 243 g/mol. The number of rotatable bonds is 3. The van der Waals surface area contributed by atoms with E-state index in [0.717, 1.165) is 25.7 Å². The van der Waals surface area contributed by atoms with E-state index in [1.807, 2.05) is 0 Å². The first-order chi connectivity index (χ1) is 8.61. The zero-order valence-electron chi connectivity index (χ0n) is 10.0. The summed E-state index contributed by atoms with van der Waals surface area (Å²) in [4.78, 5) is 3.89. The van der Waals surface area contributed by atoms with Gasteiger partial charge in [-0.2, -0.15) is 0 Å². The van der Waals surface area contributed by atoms with Crippen molar-refractivity contribution in [2.45, 2.75) is 0 Å². The summed E-state index contributed by atoms with van der Waals surface area (Å²) in [5.41, 5.74) is 5.59. The van der Waals surface area contributed by atoms with Crippen molar-refractivity contribution in [3.05, 3.63) is 29.6 Å². The molecule has 0 bridgehead atoms. The van der Waals surface area contributed by atoms with Crippen LogP contribution in [-0.4, -0.2) is 44.2 Å². The van der Waals surface area contributed by atoms with Crippen molar-refractivity contribution in [2.24, 2.45) is 5.73 Å². The number of anilines is 1. The van der Waals surface area contributed by atoms with Crippen LogP contribution < -0.4 is 10.6 Å². The number of halogens is 3. The zero-order valence-corrected chi connectivity index (χ0v) is 10.0. The minimum absolute atomic E-state index is 0.126. The Morgan fingerprint density at radius 1 is 0.944 bits per heavy atom. The molecule has 0 saturated carbocycles. The third-order valence-corrected chi connectivity index (χ3v) is 3.15. The van der Waals surface area contributed by atoms with Gasteiger partial charge in [0.1, 0.15) is 5.82 Å². The molecule has 1 aromatic carbocycles. The van der Waals surface area contributed by atoms with Gasteiger partial charge in [0.15, 0.2) is 11.6 Å². The van der Waals surface area contributed by atoms with Gasteiger partial charge in [0, 0.05) is 51.4 Å². The molecule has 0 atom stereocenters. The zero-order chi connectivity index (χ0) is 13.1. The third kappa shape index (κ3) is 2.76. The Bertz CT molecular complexity index is 417. The lowest BCUT2D eigenvalue weighted by molar-refractivity contribution is 0.264. The van der Waals surface area contributed by atoms with E-state index in [2.05, 4.69) is 4.90 Å². The van der Waals surface area contributed by atoms with Crippen molar-refractivity contribution in [2.75, 3.05) is 44.2 Å². The molecule has 2 N–H and O–H groups in total. The van der Waals surface area contributed by atoms with Crippen LogP contribution in [0.15, 0.2) is 12.1 Å². The molecule has 0 amide bonds. The van der Waals surface area contributed by atoms with Gasteiger partial charge in [-0.25, -0.2) is 13.2 Å². The molecule has 0 aromatic heterocycles. The van der Waals surface area contributed by atoms with Crippen molar-refractivity contribution in [3.8, 4) is 0 Å². The molecule has 6 heteroatoms. The molecule has 0 radical (unpaired) electrons. The molecule has 100 valence electrons. The van der Waals surface area contributed by atoms with E-state index < -0.39 is 17.5 Å². The van der Waals surface area contributed by atoms with Gasteiger partial charge >= 0.3 is 0 Å². The van der Waals surface area contributed by atoms with E-state index in [-0.39, 0.29) is 5.69 Å². The molecule has 0 aliphatic carbocycles. The van der Waals surface area contributed by atoms with Crippen molar-refractivity contribution >= 4 is 5.69 Å². The van der Waals surface area contributed by atoms with Crippen molar-refractivity contribution in [1.82, 2.24) is 4.90 Å². The van der Waals surface area contributed by atoms with Crippen LogP contribution in [0.2, 0.25) is 0 Å². The Labute approximate surface area is 104 Å². The molecule has 0 spiro atoms. The second-order valence-corrected chi connectivity index (χ2v) is 4.34. The van der Waals surface area contributed by atoms with E-state index in [1.54, 1.807) is 4.90 Å². The first-order valence-corrected chi connectivity index (χ1v) is 5.93. The minimum atomic E-state index is -1.15. The maximum absolute atomic E-state index is 13.6. The second-order valence-electron chi connectivity index (χ2n) is 4.34. The van der Waals surface area contributed by atoms with Gasteiger partial charge in [-0.3, -0.25) is 4.90 Å². The number of benzene rings is 1. The number of nitrogens with two attached hydrogens (primary N) is 1. The minimum Gasteiger partial charge on any atom is -0.367 e. The summed E-state index contributed by atoms with van der Waals surface area (Å²) in [5, 5.41) is 0. The van der Waals surface area contributed by atoms with Crippen LogP contribution >= 0.6 is 0 Å². The molecule has 1 aliphatic heterocycles. The van der Waals surface area contributed by atoms with Crippen LogP contribution in [0.25, 0.3) is 0 Å². The Morgan fingerprint density at radius 2 is 1.56 bits per heavy atom. The van der Waals surface area contributed by atoms with Crippen molar-refractivity contribution < 1.29 is 13.2 Å². The fraction of sp³-hybridized carbons (Fsp3) is 0.500. The highest BCUT2D eigenvalue weighted by atomic mass is 19.2. The van der Waals surface area contributed by atoms with Crippen LogP contribution in [0.4, 0.5) is 18.9 Å². The van der Waals surface area contributed by atoms with Gasteiger partial charge in [0.05, 0.1) is 5.69 Å². The lowest BCUT2D eigenvalue weighted by Crippen LogP contribution is -2.48. The first kappa shape index (κ1) is 13.2. The van der Waals surface area contributed by atoms with Crippen molar-refractivity contribution in [1.29, 1.82) is 0 Å². The van der Waals surface area contributed by atoms with Gasteiger partial charge in [-0.05, 0) is 0 Å². The molecule has 2 rings (SSSR count). The smallest absolute Gasteiger partial charge is 0.161 e. The van der Waals surface area contributed by atoms with E-state index in [1.165, 1.54) is 0 Å². The van der Waals surface area contributed by atoms with E-state index in [4.69, 9.17) is 5.73 Å². The standard InChI is InChI=1S/C12H16F3N3/c13-9-7-11(15)12(8-10(9)14)18-5-3-17(2-1-16)4-6-18/h7-8H,1-6,16H2. The lowest BCUT2D eigenvalue weighted by atomic mass is 10.2. The fourth-order valence-corrected chi connectivity index (χ4v) is 2.15. The first-order valence-electron chi connectivity index (χ1n) is 5.93. The molecular formula is C12H16F3N3. The van der Waals surface area contributed by atoms with Crippen LogP contribution in [0, 0.1) is 17.5 Å². The van der Waals surface area contributed by atoms with Crippen LogP contribution in [-0.2, 0) is 0 Å². The van der Waals surface area contributed by atoms with Gasteiger partial charge < -0.3 is 10.6 Å². The summed E-state index contributed by atoms with van der Waals surface area (Å²) < 4.78 is 39.5. The molecule has 1 aromatic rings. The average Bonchev–Trinajstić information content (AvgIpc) is 2.35. The van der Waals surface area contributed by atoms with Crippen LogP contribution in [0.1, 0.15) is 0 Å². The average molecular weight is 259 g/mol. The molecule has 1 fully saturated rings. The van der Waals surface area contributed by atoms with E-state index >= 15 is 0 Å². The van der Waals surface area contributed by atoms with E-state index in [9.17, 15) is 13.2 Å². The normalized spacial score (nSPS) is 17.2. The topological polar surface area (TPSA) is 32.5 Å². The van der Waals surface area contributed by atoms with Crippen LogP contribution in [0.3, 0.4) is 0 Å². The molecule has 1 saturated heterocycles. The SMILES string of the molecule is NCCN1CCN(c2cc(F)c(F)cc2F)CC1. The quantitative estimate of drug-likeness (QED) is 0.827. The summed E-state index contributed by atoms with van der Waals surface area (Å²) in [6.45, 7) is 4.04. The number of hydrogen-bond acceptors (Lipinski definition) is 3. The van der Waals surface area contributed by atoms with Gasteiger partial charge in [-0.1, -0.05) is 0 Å². The maximum Gasteiger partial charge on any atom is 0.161 e. The van der Waals surface area contributed by atoms with Crippen LogP contribution in [0.5, 0.6) is 0 Å². The summed E-state index contributed by atoms with van der Waals surface area (Å²) in [6.07, 6.45) is 0. The predicted octanol–water partition coefficient (Wildman–Crippen LogP) is 1.18. The molecule has 1 aliphatic rings. The highest BCUT2D eigenvalue weighted by molar-refractivity contribution is 5.48. The number of piperazine rings is 1. The third-order valence-electron chi connectivity index (χ3n) is 3.15. The Kier molecular flexibility index (Phi) is 4.08. The summed E-state index contributed by atoms with van der Waals surface area (Å²) in [5.74, 6) is -2.89. The second kappa shape index (κ2) is 5.58.